The van der Waals surface area contributed by atoms with E-state index in [0.717, 1.165) is 25.9 Å². The number of carbonyl (C=O) groups is 3. The van der Waals surface area contributed by atoms with Crippen LogP contribution in [0.25, 0.3) is 0 Å². The molecule has 0 aliphatic carbocycles. The summed E-state index contributed by atoms with van der Waals surface area (Å²) in [7, 11) is 0. The molecule has 2 aliphatic rings. The van der Waals surface area contributed by atoms with E-state index in [9.17, 15) is 18.8 Å². The summed E-state index contributed by atoms with van der Waals surface area (Å²) in [6.45, 7) is 6.41. The van der Waals surface area contributed by atoms with Crippen molar-refractivity contribution >= 4 is 17.7 Å². The van der Waals surface area contributed by atoms with Crippen LogP contribution in [-0.4, -0.2) is 59.7 Å². The number of hydrogen-bond acceptors (Lipinski definition) is 3. The second kappa shape index (κ2) is 10.0. The highest BCUT2D eigenvalue weighted by molar-refractivity contribution is 5.97. The van der Waals surface area contributed by atoms with E-state index in [1.165, 1.54) is 24.6 Å². The highest BCUT2D eigenvalue weighted by Crippen LogP contribution is 2.23. The average Bonchev–Trinajstić information content (AvgIpc) is 2.77. The number of benzene rings is 1. The molecule has 164 valence electrons. The van der Waals surface area contributed by atoms with Crippen molar-refractivity contribution in [2.45, 2.75) is 52.0 Å². The number of nitrogens with zero attached hydrogens (tertiary/aromatic N) is 2. The summed E-state index contributed by atoms with van der Waals surface area (Å²) in [5, 5.41) is 2.71. The lowest BCUT2D eigenvalue weighted by atomic mass is 9.93. The van der Waals surface area contributed by atoms with E-state index in [2.05, 4.69) is 5.32 Å². The summed E-state index contributed by atoms with van der Waals surface area (Å²) in [5.74, 6) is -1.32. The molecule has 6 nitrogen and oxygen atoms in total. The van der Waals surface area contributed by atoms with Crippen LogP contribution in [0.2, 0.25) is 0 Å². The molecule has 0 saturated carbocycles. The maximum atomic E-state index is 13.9. The SMILES string of the molecule is CC(C)C(NC(=O)c1ccccc1F)C(=O)N1CCC(C(=O)N2CCCCC2)CC1. The average molecular weight is 418 g/mol. The van der Waals surface area contributed by atoms with E-state index >= 15 is 0 Å². The van der Waals surface area contributed by atoms with Crippen molar-refractivity contribution in [3.05, 3.63) is 35.6 Å². The van der Waals surface area contributed by atoms with Crippen LogP contribution < -0.4 is 5.32 Å². The monoisotopic (exact) mass is 417 g/mol. The topological polar surface area (TPSA) is 69.7 Å². The number of rotatable bonds is 5. The lowest BCUT2D eigenvalue weighted by Gasteiger charge is -2.37. The Kier molecular flexibility index (Phi) is 7.45. The minimum atomic E-state index is -0.730. The molecule has 7 heteroatoms. The molecule has 0 bridgehead atoms. The van der Waals surface area contributed by atoms with E-state index in [4.69, 9.17) is 0 Å². The minimum absolute atomic E-state index is 0.0299. The molecule has 2 fully saturated rings. The van der Waals surface area contributed by atoms with Gasteiger partial charge in [0.1, 0.15) is 11.9 Å². The number of halogens is 1. The zero-order chi connectivity index (χ0) is 21.7. The maximum Gasteiger partial charge on any atom is 0.254 e. The van der Waals surface area contributed by atoms with Gasteiger partial charge < -0.3 is 15.1 Å². The van der Waals surface area contributed by atoms with Gasteiger partial charge in [0, 0.05) is 32.1 Å². The van der Waals surface area contributed by atoms with Crippen molar-refractivity contribution in [3.8, 4) is 0 Å². The molecule has 3 rings (SSSR count). The molecule has 30 heavy (non-hydrogen) atoms. The number of piperidine rings is 2. The van der Waals surface area contributed by atoms with Crippen molar-refractivity contribution in [2.75, 3.05) is 26.2 Å². The van der Waals surface area contributed by atoms with E-state index in [-0.39, 0.29) is 29.2 Å². The number of nitrogens with one attached hydrogen (secondary N) is 1. The molecule has 0 aromatic heterocycles. The third-order valence-electron chi connectivity index (χ3n) is 6.16. The Balaban J connectivity index is 1.58. The molecule has 0 spiro atoms. The first-order valence-electron chi connectivity index (χ1n) is 11.0. The summed E-state index contributed by atoms with van der Waals surface area (Å²) in [6.07, 6.45) is 4.62. The molecule has 2 saturated heterocycles. The predicted molar refractivity (Wildman–Crippen MR) is 112 cm³/mol. The summed E-state index contributed by atoms with van der Waals surface area (Å²) >= 11 is 0. The van der Waals surface area contributed by atoms with Crippen molar-refractivity contribution in [1.82, 2.24) is 15.1 Å². The molecule has 3 amide bonds. The standard InChI is InChI=1S/C23H32FN3O3/c1-16(2)20(25-21(28)18-8-4-5-9-19(18)24)23(30)27-14-10-17(11-15-27)22(29)26-12-6-3-7-13-26/h4-5,8-9,16-17,20H,3,6-7,10-15H2,1-2H3,(H,25,28). The zero-order valence-electron chi connectivity index (χ0n) is 17.9. The number of carbonyl (C=O) groups excluding carboxylic acids is 3. The molecule has 1 unspecified atom stereocenters. The van der Waals surface area contributed by atoms with Crippen molar-refractivity contribution in [1.29, 1.82) is 0 Å². The van der Waals surface area contributed by atoms with Gasteiger partial charge in [0.2, 0.25) is 11.8 Å². The zero-order valence-corrected chi connectivity index (χ0v) is 17.9. The maximum absolute atomic E-state index is 13.9. The van der Waals surface area contributed by atoms with Crippen LogP contribution in [-0.2, 0) is 9.59 Å². The van der Waals surface area contributed by atoms with Crippen LogP contribution in [0, 0.1) is 17.7 Å². The Morgan fingerprint density at radius 3 is 2.20 bits per heavy atom. The van der Waals surface area contributed by atoms with Gasteiger partial charge in [-0.15, -0.1) is 0 Å². The lowest BCUT2D eigenvalue weighted by molar-refractivity contribution is -0.142. The first-order chi connectivity index (χ1) is 14.4. The van der Waals surface area contributed by atoms with Gasteiger partial charge in [-0.1, -0.05) is 26.0 Å². The van der Waals surface area contributed by atoms with Crippen LogP contribution in [0.4, 0.5) is 4.39 Å². The van der Waals surface area contributed by atoms with Gasteiger partial charge in [-0.3, -0.25) is 14.4 Å². The summed E-state index contributed by atoms with van der Waals surface area (Å²) in [6, 6.07) is 5.02. The molecule has 1 aromatic carbocycles. The normalized spacial score (nSPS) is 18.9. The fourth-order valence-electron chi connectivity index (χ4n) is 4.29. The van der Waals surface area contributed by atoms with Gasteiger partial charge in [-0.25, -0.2) is 4.39 Å². The van der Waals surface area contributed by atoms with E-state index in [1.807, 2.05) is 18.7 Å². The Bertz CT molecular complexity index is 769. The van der Waals surface area contributed by atoms with Gasteiger partial charge in [-0.2, -0.15) is 0 Å². The second-order valence-corrected chi connectivity index (χ2v) is 8.66. The Morgan fingerprint density at radius 2 is 1.60 bits per heavy atom. The molecule has 1 atom stereocenters. The Morgan fingerprint density at radius 1 is 0.967 bits per heavy atom. The van der Waals surface area contributed by atoms with Crippen molar-refractivity contribution < 1.29 is 18.8 Å². The number of amides is 3. The summed E-state index contributed by atoms with van der Waals surface area (Å²) in [5.41, 5.74) is -0.0678. The Hall–Kier alpha value is -2.44. The van der Waals surface area contributed by atoms with Crippen LogP contribution in [0.15, 0.2) is 24.3 Å². The van der Waals surface area contributed by atoms with E-state index in [1.54, 1.807) is 11.0 Å². The fraction of sp³-hybridized carbons (Fsp3) is 0.609. The van der Waals surface area contributed by atoms with Crippen LogP contribution in [0.1, 0.15) is 56.3 Å². The molecular weight excluding hydrogens is 385 g/mol. The number of likely N-dealkylation sites (tertiary alicyclic amines) is 2. The van der Waals surface area contributed by atoms with Gasteiger partial charge >= 0.3 is 0 Å². The lowest BCUT2D eigenvalue weighted by Crippen LogP contribution is -2.54. The molecule has 2 aliphatic heterocycles. The van der Waals surface area contributed by atoms with Crippen LogP contribution in [0.3, 0.4) is 0 Å². The number of hydrogen-bond donors (Lipinski definition) is 1. The smallest absolute Gasteiger partial charge is 0.254 e. The largest absolute Gasteiger partial charge is 0.342 e. The predicted octanol–water partition coefficient (Wildman–Crippen LogP) is 2.83. The third-order valence-corrected chi connectivity index (χ3v) is 6.16. The first-order valence-corrected chi connectivity index (χ1v) is 11.0. The summed E-state index contributed by atoms with van der Waals surface area (Å²) < 4.78 is 13.9. The highest BCUT2D eigenvalue weighted by Gasteiger charge is 2.34. The Labute approximate surface area is 177 Å². The van der Waals surface area contributed by atoms with Crippen molar-refractivity contribution in [2.24, 2.45) is 11.8 Å². The molecule has 1 N–H and O–H groups in total. The molecule has 1 aromatic rings. The molecule has 2 heterocycles. The third kappa shape index (κ3) is 5.18. The molecular formula is C23H32FN3O3. The van der Waals surface area contributed by atoms with Gasteiger partial charge in [0.25, 0.3) is 5.91 Å². The second-order valence-electron chi connectivity index (χ2n) is 8.66. The first kappa shape index (κ1) is 22.2. The highest BCUT2D eigenvalue weighted by atomic mass is 19.1. The molecule has 0 radical (unpaired) electrons. The van der Waals surface area contributed by atoms with Crippen LogP contribution in [0.5, 0.6) is 0 Å². The minimum Gasteiger partial charge on any atom is -0.342 e. The van der Waals surface area contributed by atoms with Gasteiger partial charge in [0.05, 0.1) is 5.56 Å². The van der Waals surface area contributed by atoms with Crippen molar-refractivity contribution in [3.63, 3.8) is 0 Å². The fourth-order valence-corrected chi connectivity index (χ4v) is 4.29. The van der Waals surface area contributed by atoms with Gasteiger partial charge in [-0.05, 0) is 50.2 Å². The summed E-state index contributed by atoms with van der Waals surface area (Å²) in [4.78, 5) is 42.0. The van der Waals surface area contributed by atoms with Crippen LogP contribution >= 0.6 is 0 Å². The quantitative estimate of drug-likeness (QED) is 0.801. The van der Waals surface area contributed by atoms with E-state index < -0.39 is 17.8 Å². The van der Waals surface area contributed by atoms with Gasteiger partial charge in [0.15, 0.2) is 0 Å². The van der Waals surface area contributed by atoms with E-state index in [0.29, 0.717) is 25.9 Å².